The normalized spacial score (nSPS) is 14.9. The standard InChI is InChI=1S/C22H18ClN9O2/c23-15-8-14(31-6-5-24-11-31)3-4-16(15)27-18-9-19(26-13-1-2-13)32-20(29-18)12(10-25-32)7-17-21(33)30-22(34)28-17/h3-11,13,27,33H,1-2H2,(H2,28,30,34)/b12-7+,26-19?. The maximum atomic E-state index is 11.5. The molecule has 1 aliphatic carbocycles. The molecule has 0 spiro atoms. The first-order valence-corrected chi connectivity index (χ1v) is 10.9. The zero-order valence-electron chi connectivity index (χ0n) is 17.6. The largest absolute Gasteiger partial charge is 0.493 e. The lowest BCUT2D eigenvalue weighted by Gasteiger charge is -2.10. The van der Waals surface area contributed by atoms with Gasteiger partial charge in [0.25, 0.3) is 0 Å². The third kappa shape index (κ3) is 3.82. The van der Waals surface area contributed by atoms with E-state index in [1.165, 1.54) is 0 Å². The number of rotatable bonds is 5. The van der Waals surface area contributed by atoms with Gasteiger partial charge in [0.1, 0.15) is 11.5 Å². The summed E-state index contributed by atoms with van der Waals surface area (Å²) in [6, 6.07) is 7.71. The average molecular weight is 476 g/mol. The van der Waals surface area contributed by atoms with Gasteiger partial charge in [0.05, 0.1) is 29.3 Å². The monoisotopic (exact) mass is 475 g/mol. The Bertz CT molecular complexity index is 1690. The Kier molecular flexibility index (Phi) is 4.69. The molecule has 11 nitrogen and oxygen atoms in total. The van der Waals surface area contributed by atoms with Crippen molar-refractivity contribution in [2.24, 2.45) is 4.99 Å². The summed E-state index contributed by atoms with van der Waals surface area (Å²) in [5.41, 5.74) is 2.45. The molecule has 0 saturated heterocycles. The molecule has 4 aromatic heterocycles. The Balaban J connectivity index is 1.45. The zero-order chi connectivity index (χ0) is 23.2. The van der Waals surface area contributed by atoms with Crippen molar-refractivity contribution >= 4 is 34.8 Å². The third-order valence-electron chi connectivity index (χ3n) is 5.40. The van der Waals surface area contributed by atoms with E-state index >= 15 is 0 Å². The molecule has 1 aromatic carbocycles. The summed E-state index contributed by atoms with van der Waals surface area (Å²) >= 11 is 6.55. The van der Waals surface area contributed by atoms with Crippen LogP contribution in [0.1, 0.15) is 18.5 Å². The molecule has 5 aromatic rings. The summed E-state index contributed by atoms with van der Waals surface area (Å²) in [5, 5.41) is 18.7. The number of halogens is 1. The van der Waals surface area contributed by atoms with Crippen molar-refractivity contribution < 1.29 is 5.11 Å². The van der Waals surface area contributed by atoms with Crippen LogP contribution < -0.4 is 21.7 Å². The van der Waals surface area contributed by atoms with E-state index in [9.17, 15) is 9.90 Å². The molecule has 0 bridgehead atoms. The van der Waals surface area contributed by atoms with Crippen LogP contribution in [0.25, 0.3) is 17.4 Å². The number of H-pyrrole nitrogens is 2. The van der Waals surface area contributed by atoms with Crippen LogP contribution in [0.15, 0.2) is 59.0 Å². The lowest BCUT2D eigenvalue weighted by molar-refractivity contribution is 0.454. The number of nitrogens with zero attached hydrogens (tertiary/aromatic N) is 6. The highest BCUT2D eigenvalue weighted by Gasteiger charge is 2.20. The number of aromatic hydroxyl groups is 1. The number of anilines is 2. The topological polar surface area (TPSA) is 141 Å². The first kappa shape index (κ1) is 20.2. The second kappa shape index (κ2) is 7.89. The van der Waals surface area contributed by atoms with Crippen LogP contribution >= 0.6 is 11.6 Å². The molecule has 0 atom stereocenters. The number of imidazole rings is 2. The predicted octanol–water partition coefficient (Wildman–Crippen LogP) is 1.64. The smallest absolute Gasteiger partial charge is 0.326 e. The van der Waals surface area contributed by atoms with E-state index in [-0.39, 0.29) is 17.6 Å². The van der Waals surface area contributed by atoms with Crippen LogP contribution in [0, 0.1) is 0 Å². The molecule has 12 heteroatoms. The van der Waals surface area contributed by atoms with Gasteiger partial charge >= 0.3 is 5.69 Å². The van der Waals surface area contributed by atoms with E-state index in [0.29, 0.717) is 32.9 Å². The lowest BCUT2D eigenvalue weighted by atomic mass is 10.2. The third-order valence-corrected chi connectivity index (χ3v) is 5.71. The molecule has 0 aliphatic heterocycles. The summed E-state index contributed by atoms with van der Waals surface area (Å²) in [5.74, 6) is 0.275. The molecule has 34 heavy (non-hydrogen) atoms. The van der Waals surface area contributed by atoms with Gasteiger partial charge in [-0.15, -0.1) is 0 Å². The van der Waals surface area contributed by atoms with Crippen molar-refractivity contribution in [3.05, 3.63) is 81.1 Å². The Morgan fingerprint density at radius 2 is 2.15 bits per heavy atom. The minimum atomic E-state index is -0.506. The number of benzene rings is 1. The van der Waals surface area contributed by atoms with Gasteiger partial charge in [-0.25, -0.2) is 14.8 Å². The van der Waals surface area contributed by atoms with Gasteiger partial charge in [0.15, 0.2) is 11.1 Å². The van der Waals surface area contributed by atoms with Gasteiger partial charge in [0, 0.05) is 29.4 Å². The first-order chi connectivity index (χ1) is 16.5. The van der Waals surface area contributed by atoms with Crippen molar-refractivity contribution in [2.45, 2.75) is 18.9 Å². The van der Waals surface area contributed by atoms with Gasteiger partial charge in [-0.3, -0.25) is 9.98 Å². The lowest BCUT2D eigenvalue weighted by Crippen LogP contribution is -2.19. The molecule has 170 valence electrons. The van der Waals surface area contributed by atoms with Gasteiger partial charge in [-0.05, 0) is 37.1 Å². The molecule has 1 saturated carbocycles. The fraction of sp³-hybridized carbons (Fsp3) is 0.136. The number of aromatic amines is 2. The van der Waals surface area contributed by atoms with E-state index < -0.39 is 5.69 Å². The first-order valence-electron chi connectivity index (χ1n) is 10.5. The van der Waals surface area contributed by atoms with E-state index in [0.717, 1.165) is 18.5 Å². The molecule has 6 rings (SSSR count). The van der Waals surface area contributed by atoms with Gasteiger partial charge in [-0.2, -0.15) is 9.61 Å². The van der Waals surface area contributed by atoms with Crippen molar-refractivity contribution in [1.29, 1.82) is 0 Å². The van der Waals surface area contributed by atoms with Gasteiger partial charge in [0.2, 0.25) is 5.88 Å². The van der Waals surface area contributed by atoms with Crippen LogP contribution in [0.4, 0.5) is 11.5 Å². The highest BCUT2D eigenvalue weighted by atomic mass is 35.5. The van der Waals surface area contributed by atoms with Gasteiger partial charge in [-0.1, -0.05) is 11.6 Å². The van der Waals surface area contributed by atoms with Crippen LogP contribution in [-0.4, -0.2) is 45.3 Å². The minimum absolute atomic E-state index is 0.235. The quantitative estimate of drug-likeness (QED) is 0.304. The second-order valence-corrected chi connectivity index (χ2v) is 8.35. The number of nitrogens with one attached hydrogen (secondary N) is 3. The summed E-state index contributed by atoms with van der Waals surface area (Å²) in [4.78, 5) is 29.9. The fourth-order valence-electron chi connectivity index (χ4n) is 3.58. The summed E-state index contributed by atoms with van der Waals surface area (Å²) in [7, 11) is 0. The van der Waals surface area contributed by atoms with Crippen LogP contribution in [-0.2, 0) is 0 Å². The van der Waals surface area contributed by atoms with E-state index in [1.54, 1.807) is 29.3 Å². The molecule has 0 amide bonds. The number of aromatic nitrogens is 7. The highest BCUT2D eigenvalue weighted by Crippen LogP contribution is 2.27. The van der Waals surface area contributed by atoms with Crippen LogP contribution in [0.3, 0.4) is 0 Å². The summed E-state index contributed by atoms with van der Waals surface area (Å²) in [6.45, 7) is 0. The second-order valence-electron chi connectivity index (χ2n) is 7.94. The Hall–Kier alpha value is -4.38. The van der Waals surface area contributed by atoms with Crippen molar-refractivity contribution in [3.8, 4) is 11.6 Å². The summed E-state index contributed by atoms with van der Waals surface area (Å²) < 4.78 is 3.50. The predicted molar refractivity (Wildman–Crippen MR) is 125 cm³/mol. The maximum absolute atomic E-state index is 11.5. The van der Waals surface area contributed by atoms with E-state index in [4.69, 9.17) is 21.6 Å². The number of fused-ring (bicyclic) bond motifs is 1. The molecule has 1 aliphatic rings. The average Bonchev–Trinajstić information content (AvgIpc) is 3.18. The van der Waals surface area contributed by atoms with Crippen molar-refractivity contribution in [3.63, 3.8) is 0 Å². The number of hydrogen-bond acceptors (Lipinski definition) is 7. The molecule has 4 N–H and O–H groups in total. The SMILES string of the molecule is O=c1[nH]c(O)c(/C=c2\cnn3c(=NC4CC4)cc(Nc4ccc(-n5ccnc5)cc4Cl)nc23)[nH]1. The molecule has 1 fully saturated rings. The van der Waals surface area contributed by atoms with Crippen LogP contribution in [0.2, 0.25) is 5.02 Å². The van der Waals surface area contributed by atoms with Crippen molar-refractivity contribution in [2.75, 3.05) is 5.32 Å². The van der Waals surface area contributed by atoms with Gasteiger partial charge < -0.3 is 20.0 Å². The molecular formula is C22H18ClN9O2. The van der Waals surface area contributed by atoms with E-state index in [2.05, 4.69) is 25.4 Å². The fourth-order valence-corrected chi connectivity index (χ4v) is 3.80. The highest BCUT2D eigenvalue weighted by molar-refractivity contribution is 6.33. The maximum Gasteiger partial charge on any atom is 0.326 e. The molecule has 0 unspecified atom stereocenters. The summed E-state index contributed by atoms with van der Waals surface area (Å²) in [6.07, 6.45) is 10.5. The zero-order valence-corrected chi connectivity index (χ0v) is 18.4. The van der Waals surface area contributed by atoms with Crippen LogP contribution in [0.5, 0.6) is 5.88 Å². The van der Waals surface area contributed by atoms with Crippen molar-refractivity contribution in [1.82, 2.24) is 34.1 Å². The molecule has 4 heterocycles. The molecule has 0 radical (unpaired) electrons. The Morgan fingerprint density at radius 3 is 2.85 bits per heavy atom. The number of hydrogen-bond donors (Lipinski definition) is 4. The Labute approximate surface area is 196 Å². The Morgan fingerprint density at radius 1 is 1.26 bits per heavy atom. The minimum Gasteiger partial charge on any atom is -0.493 e. The molecular weight excluding hydrogens is 458 g/mol. The van der Waals surface area contributed by atoms with E-state index in [1.807, 2.05) is 35.0 Å².